The van der Waals surface area contributed by atoms with Crippen molar-refractivity contribution in [1.82, 2.24) is 0 Å². The van der Waals surface area contributed by atoms with Crippen LogP contribution in [0.15, 0.2) is 18.2 Å². The van der Waals surface area contributed by atoms with Crippen LogP contribution < -0.4 is 0 Å². The summed E-state index contributed by atoms with van der Waals surface area (Å²) in [4.78, 5) is 0. The van der Waals surface area contributed by atoms with E-state index in [4.69, 9.17) is 0 Å². The maximum absolute atomic E-state index is 2.43. The molecule has 1 unspecified atom stereocenters. The average molecular weight is 244 g/mol. The van der Waals surface area contributed by atoms with Crippen LogP contribution in [-0.4, -0.2) is 17.3 Å². The number of hydrogen-bond donors (Lipinski definition) is 0. The standard InChI is InChI=1S/C17H26N/c1-6-8-11-17(4)13(3)18(5)16-10-9-14(7-2)12-15(16)17/h9-10,12H,6-8,11H2,1-5H3/q+1. The highest BCUT2D eigenvalue weighted by Gasteiger charge is 2.44. The number of nitrogens with zero attached hydrogens (tertiary/aromatic N) is 1. The van der Waals surface area contributed by atoms with Crippen molar-refractivity contribution in [3.8, 4) is 0 Å². The zero-order valence-electron chi connectivity index (χ0n) is 12.5. The van der Waals surface area contributed by atoms with Crippen molar-refractivity contribution in [2.45, 2.75) is 58.8 Å². The summed E-state index contributed by atoms with van der Waals surface area (Å²) in [6.07, 6.45) is 4.96. The Hall–Kier alpha value is -1.11. The van der Waals surface area contributed by atoms with Gasteiger partial charge in [-0.25, -0.2) is 4.58 Å². The summed E-state index contributed by atoms with van der Waals surface area (Å²) in [5, 5.41) is 0. The van der Waals surface area contributed by atoms with E-state index in [1.54, 1.807) is 0 Å². The maximum atomic E-state index is 2.43. The van der Waals surface area contributed by atoms with Gasteiger partial charge in [0.2, 0.25) is 5.69 Å². The van der Waals surface area contributed by atoms with Gasteiger partial charge in [0.05, 0.1) is 5.41 Å². The first-order valence-corrected chi connectivity index (χ1v) is 7.25. The lowest BCUT2D eigenvalue weighted by molar-refractivity contribution is -0.403. The minimum atomic E-state index is 0.241. The van der Waals surface area contributed by atoms with Crippen LogP contribution in [0.3, 0.4) is 0 Å². The van der Waals surface area contributed by atoms with Crippen molar-refractivity contribution in [2.24, 2.45) is 0 Å². The van der Waals surface area contributed by atoms with E-state index in [0.717, 1.165) is 6.42 Å². The molecule has 0 radical (unpaired) electrons. The van der Waals surface area contributed by atoms with Crippen molar-refractivity contribution < 1.29 is 4.58 Å². The molecule has 0 fully saturated rings. The van der Waals surface area contributed by atoms with Crippen LogP contribution in [0.1, 0.15) is 58.1 Å². The van der Waals surface area contributed by atoms with Crippen LogP contribution in [0.2, 0.25) is 0 Å². The molecule has 0 saturated heterocycles. The van der Waals surface area contributed by atoms with Crippen LogP contribution in [0, 0.1) is 0 Å². The Kier molecular flexibility index (Phi) is 3.61. The largest absolute Gasteiger partial charge is 0.209 e. The van der Waals surface area contributed by atoms with Crippen LogP contribution in [0.25, 0.3) is 0 Å². The smallest absolute Gasteiger partial charge is 0.202 e. The van der Waals surface area contributed by atoms with Crippen molar-refractivity contribution in [3.05, 3.63) is 29.3 Å². The molecule has 0 N–H and O–H groups in total. The number of aryl methyl sites for hydroxylation is 1. The maximum Gasteiger partial charge on any atom is 0.209 e. The summed E-state index contributed by atoms with van der Waals surface area (Å²) in [7, 11) is 2.21. The topological polar surface area (TPSA) is 3.01 Å². The van der Waals surface area contributed by atoms with E-state index in [0.29, 0.717) is 0 Å². The van der Waals surface area contributed by atoms with E-state index in [9.17, 15) is 0 Å². The first-order valence-electron chi connectivity index (χ1n) is 7.25. The number of unbranched alkanes of at least 4 members (excludes halogenated alkanes) is 1. The van der Waals surface area contributed by atoms with E-state index in [-0.39, 0.29) is 5.41 Å². The molecule has 0 aliphatic carbocycles. The number of hydrogen-bond acceptors (Lipinski definition) is 0. The molecule has 0 bridgehead atoms. The first-order chi connectivity index (χ1) is 8.54. The monoisotopic (exact) mass is 244 g/mol. The fourth-order valence-electron chi connectivity index (χ4n) is 3.13. The summed E-state index contributed by atoms with van der Waals surface area (Å²) in [5.41, 5.74) is 6.14. The molecule has 1 aromatic rings. The van der Waals surface area contributed by atoms with Gasteiger partial charge in [-0.3, -0.25) is 0 Å². The first kappa shape index (κ1) is 13.3. The van der Waals surface area contributed by atoms with E-state index in [2.05, 4.69) is 57.5 Å². The van der Waals surface area contributed by atoms with Gasteiger partial charge in [-0.15, -0.1) is 0 Å². The summed E-state index contributed by atoms with van der Waals surface area (Å²) in [5.74, 6) is 0. The van der Waals surface area contributed by atoms with Crippen LogP contribution in [0.4, 0.5) is 5.69 Å². The van der Waals surface area contributed by atoms with Crippen LogP contribution >= 0.6 is 0 Å². The van der Waals surface area contributed by atoms with Gasteiger partial charge in [-0.1, -0.05) is 32.8 Å². The molecule has 18 heavy (non-hydrogen) atoms. The van der Waals surface area contributed by atoms with Gasteiger partial charge in [-0.05, 0) is 31.4 Å². The average Bonchev–Trinajstić information content (AvgIpc) is 2.59. The quantitative estimate of drug-likeness (QED) is 0.689. The second-order valence-electron chi connectivity index (χ2n) is 5.79. The molecule has 2 rings (SSSR count). The van der Waals surface area contributed by atoms with Gasteiger partial charge >= 0.3 is 0 Å². The molecular formula is C17H26N+. The minimum Gasteiger partial charge on any atom is -0.202 e. The lowest BCUT2D eigenvalue weighted by Gasteiger charge is -2.22. The number of benzene rings is 1. The lowest BCUT2D eigenvalue weighted by Crippen LogP contribution is -2.29. The van der Waals surface area contributed by atoms with E-state index in [1.807, 2.05) is 0 Å². The Morgan fingerprint density at radius 1 is 1.22 bits per heavy atom. The summed E-state index contributed by atoms with van der Waals surface area (Å²) in [6.45, 7) is 9.22. The number of fused-ring (bicyclic) bond motifs is 1. The van der Waals surface area contributed by atoms with E-state index in [1.165, 1.54) is 41.8 Å². The third-order valence-corrected chi connectivity index (χ3v) is 4.76. The Morgan fingerprint density at radius 2 is 1.94 bits per heavy atom. The highest BCUT2D eigenvalue weighted by molar-refractivity contribution is 5.93. The predicted molar refractivity (Wildman–Crippen MR) is 79.2 cm³/mol. The van der Waals surface area contributed by atoms with Gasteiger partial charge < -0.3 is 0 Å². The molecule has 1 heterocycles. The minimum absolute atomic E-state index is 0.241. The Balaban J connectivity index is 2.50. The second kappa shape index (κ2) is 4.87. The molecule has 98 valence electrons. The van der Waals surface area contributed by atoms with Gasteiger partial charge in [0.15, 0.2) is 5.71 Å². The molecule has 1 atom stereocenters. The molecule has 1 aliphatic heterocycles. The van der Waals surface area contributed by atoms with Crippen molar-refractivity contribution in [2.75, 3.05) is 7.05 Å². The number of rotatable bonds is 4. The zero-order chi connectivity index (χ0) is 13.3. The van der Waals surface area contributed by atoms with Gasteiger partial charge in [0.25, 0.3) is 0 Å². The lowest BCUT2D eigenvalue weighted by atomic mass is 9.75. The van der Waals surface area contributed by atoms with Crippen LogP contribution in [-0.2, 0) is 11.8 Å². The molecule has 0 aromatic heterocycles. The van der Waals surface area contributed by atoms with E-state index < -0.39 is 0 Å². The Bertz CT molecular complexity index is 484. The molecule has 0 amide bonds. The SMILES string of the molecule is CCCCC1(C)C(C)=[N+](C)c2ccc(CC)cc21. The van der Waals surface area contributed by atoms with Gasteiger partial charge in [-0.2, -0.15) is 0 Å². The van der Waals surface area contributed by atoms with Crippen molar-refractivity contribution >= 4 is 11.4 Å². The Morgan fingerprint density at radius 3 is 2.56 bits per heavy atom. The van der Waals surface area contributed by atoms with Crippen LogP contribution in [0.5, 0.6) is 0 Å². The fourth-order valence-corrected chi connectivity index (χ4v) is 3.13. The third-order valence-electron chi connectivity index (χ3n) is 4.76. The molecule has 0 spiro atoms. The third kappa shape index (κ3) is 1.90. The highest BCUT2D eigenvalue weighted by Crippen LogP contribution is 2.42. The molecule has 1 aromatic carbocycles. The molecule has 1 aliphatic rings. The summed E-state index contributed by atoms with van der Waals surface area (Å²) >= 11 is 0. The summed E-state index contributed by atoms with van der Waals surface area (Å²) in [6, 6.07) is 7.00. The van der Waals surface area contributed by atoms with Gasteiger partial charge in [0.1, 0.15) is 7.05 Å². The molecule has 1 heteroatoms. The zero-order valence-corrected chi connectivity index (χ0v) is 12.5. The molecule has 1 nitrogen and oxygen atoms in total. The predicted octanol–water partition coefficient (Wildman–Crippen LogP) is 4.45. The van der Waals surface area contributed by atoms with Crippen molar-refractivity contribution in [3.63, 3.8) is 0 Å². The van der Waals surface area contributed by atoms with Gasteiger partial charge in [0, 0.05) is 18.6 Å². The second-order valence-corrected chi connectivity index (χ2v) is 5.79. The normalized spacial score (nSPS) is 22.5. The summed E-state index contributed by atoms with van der Waals surface area (Å²) < 4.78 is 2.38. The highest BCUT2D eigenvalue weighted by atomic mass is 15.0. The fraction of sp³-hybridized carbons (Fsp3) is 0.588. The van der Waals surface area contributed by atoms with Crippen molar-refractivity contribution in [1.29, 1.82) is 0 Å². The Labute approximate surface area is 112 Å². The van der Waals surface area contributed by atoms with E-state index >= 15 is 0 Å². The molecular weight excluding hydrogens is 218 g/mol. The molecule has 0 saturated carbocycles.